The molecule has 3 rings (SSSR count). The monoisotopic (exact) mass is 423 g/mol. The average Bonchev–Trinajstić information content (AvgIpc) is 2.58. The molecule has 0 aliphatic carbocycles. The number of benzene rings is 2. The van der Waals surface area contributed by atoms with E-state index in [0.717, 1.165) is 30.8 Å². The first kappa shape index (κ1) is 18.4. The molecule has 2 aromatic rings. The third-order valence-electron chi connectivity index (χ3n) is 4.91. The van der Waals surface area contributed by atoms with Gasteiger partial charge in [-0.15, -0.1) is 0 Å². The highest BCUT2D eigenvalue weighted by Crippen LogP contribution is 2.29. The van der Waals surface area contributed by atoms with Crippen molar-refractivity contribution in [1.82, 2.24) is 0 Å². The molecule has 124 valence electrons. The highest BCUT2D eigenvalue weighted by atomic mass is 127. The van der Waals surface area contributed by atoms with Crippen molar-refractivity contribution in [2.24, 2.45) is 0 Å². The summed E-state index contributed by atoms with van der Waals surface area (Å²) >= 11 is 0. The quantitative estimate of drug-likeness (QED) is 0.508. The molecule has 2 nitrogen and oxygen atoms in total. The minimum Gasteiger partial charge on any atom is -1.00 e. The van der Waals surface area contributed by atoms with Gasteiger partial charge in [0.15, 0.2) is 0 Å². The van der Waals surface area contributed by atoms with Crippen LogP contribution in [-0.2, 0) is 4.74 Å². The molecular weight excluding hydrogens is 397 g/mol. The lowest BCUT2D eigenvalue weighted by molar-refractivity contribution is -0.917. The Kier molecular flexibility index (Phi) is 7.06. The van der Waals surface area contributed by atoms with Gasteiger partial charge in [-0.25, -0.2) is 0 Å². The Morgan fingerprint density at radius 1 is 0.870 bits per heavy atom. The first-order valence-electron chi connectivity index (χ1n) is 8.28. The van der Waals surface area contributed by atoms with Crippen molar-refractivity contribution in [1.29, 1.82) is 0 Å². The van der Waals surface area contributed by atoms with Gasteiger partial charge in [-0.05, 0) is 11.1 Å². The number of likely N-dealkylation sites (N-methyl/N-ethyl adjacent to an activating group) is 1. The smallest absolute Gasteiger partial charge is 0.102 e. The van der Waals surface area contributed by atoms with Crippen molar-refractivity contribution in [3.05, 3.63) is 71.8 Å². The van der Waals surface area contributed by atoms with E-state index < -0.39 is 0 Å². The van der Waals surface area contributed by atoms with E-state index in [0.29, 0.717) is 5.92 Å². The Labute approximate surface area is 157 Å². The maximum atomic E-state index is 5.53. The van der Waals surface area contributed by atoms with Crippen LogP contribution in [0, 0.1) is 0 Å². The molecule has 0 atom stereocenters. The van der Waals surface area contributed by atoms with E-state index in [4.69, 9.17) is 4.74 Å². The van der Waals surface area contributed by atoms with Gasteiger partial charge in [-0.3, -0.25) is 0 Å². The van der Waals surface area contributed by atoms with E-state index >= 15 is 0 Å². The van der Waals surface area contributed by atoms with Crippen molar-refractivity contribution < 1.29 is 33.2 Å². The van der Waals surface area contributed by atoms with Crippen LogP contribution in [0.3, 0.4) is 0 Å². The first-order chi connectivity index (χ1) is 10.8. The molecule has 1 aliphatic heterocycles. The topological polar surface area (TPSA) is 9.23 Å². The maximum absolute atomic E-state index is 5.53. The van der Waals surface area contributed by atoms with Crippen molar-refractivity contribution in [2.75, 3.05) is 39.9 Å². The van der Waals surface area contributed by atoms with Gasteiger partial charge in [0.05, 0.1) is 26.8 Å². The summed E-state index contributed by atoms with van der Waals surface area (Å²) in [6.07, 6.45) is 1.19. The SMILES string of the molecule is C[N+]1(CCC(c2ccccc2)c2ccccc2)CCOCC1.[I-]. The van der Waals surface area contributed by atoms with Gasteiger partial charge < -0.3 is 33.2 Å². The molecule has 0 bridgehead atoms. The van der Waals surface area contributed by atoms with Crippen molar-refractivity contribution in [2.45, 2.75) is 12.3 Å². The van der Waals surface area contributed by atoms with Crippen LogP contribution >= 0.6 is 0 Å². The summed E-state index contributed by atoms with van der Waals surface area (Å²) in [4.78, 5) is 0. The maximum Gasteiger partial charge on any atom is 0.102 e. The van der Waals surface area contributed by atoms with Crippen LogP contribution in [0.1, 0.15) is 23.5 Å². The number of halogens is 1. The molecule has 0 radical (unpaired) electrons. The summed E-state index contributed by atoms with van der Waals surface area (Å²) in [6, 6.07) is 21.8. The summed E-state index contributed by atoms with van der Waals surface area (Å²) in [5.41, 5.74) is 2.85. The Morgan fingerprint density at radius 3 is 1.83 bits per heavy atom. The van der Waals surface area contributed by atoms with Crippen LogP contribution in [0.25, 0.3) is 0 Å². The highest BCUT2D eigenvalue weighted by Gasteiger charge is 2.27. The van der Waals surface area contributed by atoms with Gasteiger partial charge >= 0.3 is 0 Å². The van der Waals surface area contributed by atoms with Crippen molar-refractivity contribution in [3.8, 4) is 0 Å². The third kappa shape index (κ3) is 5.03. The number of hydrogen-bond donors (Lipinski definition) is 0. The molecule has 2 aromatic carbocycles. The first-order valence-corrected chi connectivity index (χ1v) is 8.28. The van der Waals surface area contributed by atoms with Crippen LogP contribution in [0.15, 0.2) is 60.7 Å². The molecule has 0 spiro atoms. The normalized spacial score (nSPS) is 16.8. The molecular formula is C20H26INO. The lowest BCUT2D eigenvalue weighted by atomic mass is 9.88. The fourth-order valence-electron chi connectivity index (χ4n) is 3.34. The molecule has 1 heterocycles. The van der Waals surface area contributed by atoms with Gasteiger partial charge in [0.25, 0.3) is 0 Å². The van der Waals surface area contributed by atoms with E-state index in [1.54, 1.807) is 0 Å². The minimum absolute atomic E-state index is 0. The zero-order chi connectivity index (χ0) is 15.3. The standard InChI is InChI=1S/C20H26NO.HI/c1-21(14-16-22-17-15-21)13-12-20(18-8-4-2-5-9-18)19-10-6-3-7-11-19;/h2-11,20H,12-17H2,1H3;1H/q+1;/p-1. The van der Waals surface area contributed by atoms with Gasteiger partial charge in [-0.1, -0.05) is 60.7 Å². The average molecular weight is 423 g/mol. The Bertz CT molecular complexity index is 527. The molecule has 0 amide bonds. The highest BCUT2D eigenvalue weighted by molar-refractivity contribution is 5.32. The second kappa shape index (κ2) is 8.81. The van der Waals surface area contributed by atoms with Crippen LogP contribution in [0.2, 0.25) is 0 Å². The molecule has 1 fully saturated rings. The molecule has 0 N–H and O–H groups in total. The van der Waals surface area contributed by atoms with E-state index in [1.165, 1.54) is 24.1 Å². The number of hydrogen-bond acceptors (Lipinski definition) is 1. The predicted octanol–water partition coefficient (Wildman–Crippen LogP) is 0.689. The van der Waals surface area contributed by atoms with E-state index in [2.05, 4.69) is 67.7 Å². The van der Waals surface area contributed by atoms with Gasteiger partial charge in [0.1, 0.15) is 13.1 Å². The Balaban J connectivity index is 0.00000192. The van der Waals surface area contributed by atoms with E-state index in [1.807, 2.05) is 0 Å². The van der Waals surface area contributed by atoms with Crippen molar-refractivity contribution >= 4 is 0 Å². The molecule has 1 saturated heterocycles. The van der Waals surface area contributed by atoms with Gasteiger partial charge in [-0.2, -0.15) is 0 Å². The zero-order valence-corrected chi connectivity index (χ0v) is 16.0. The molecule has 3 heteroatoms. The summed E-state index contributed by atoms with van der Waals surface area (Å²) in [7, 11) is 2.37. The zero-order valence-electron chi connectivity index (χ0n) is 13.8. The summed E-state index contributed by atoms with van der Waals surface area (Å²) in [5, 5.41) is 0. The Hall–Kier alpha value is -0.910. The van der Waals surface area contributed by atoms with Crippen LogP contribution in [0.4, 0.5) is 0 Å². The second-order valence-corrected chi connectivity index (χ2v) is 6.57. The third-order valence-corrected chi connectivity index (χ3v) is 4.91. The molecule has 0 aromatic heterocycles. The number of nitrogens with zero attached hydrogens (tertiary/aromatic N) is 1. The molecule has 23 heavy (non-hydrogen) atoms. The largest absolute Gasteiger partial charge is 1.00 e. The number of rotatable bonds is 5. The van der Waals surface area contributed by atoms with Crippen LogP contribution < -0.4 is 24.0 Å². The van der Waals surface area contributed by atoms with E-state index in [-0.39, 0.29) is 24.0 Å². The van der Waals surface area contributed by atoms with Crippen LogP contribution in [-0.4, -0.2) is 44.4 Å². The van der Waals surface area contributed by atoms with E-state index in [9.17, 15) is 0 Å². The van der Waals surface area contributed by atoms with Gasteiger partial charge in [0.2, 0.25) is 0 Å². The summed E-state index contributed by atoms with van der Waals surface area (Å²) in [6.45, 7) is 5.28. The molecule has 0 saturated carbocycles. The molecule has 1 aliphatic rings. The minimum atomic E-state index is 0. The summed E-state index contributed by atoms with van der Waals surface area (Å²) < 4.78 is 6.66. The van der Waals surface area contributed by atoms with Gasteiger partial charge in [0, 0.05) is 12.3 Å². The second-order valence-electron chi connectivity index (χ2n) is 6.57. The number of morpholine rings is 1. The number of quaternary nitrogens is 1. The fraction of sp³-hybridized carbons (Fsp3) is 0.400. The lowest BCUT2D eigenvalue weighted by Gasteiger charge is -2.38. The molecule has 0 unspecified atom stereocenters. The summed E-state index contributed by atoms with van der Waals surface area (Å²) in [5.74, 6) is 0.486. The van der Waals surface area contributed by atoms with Crippen molar-refractivity contribution in [3.63, 3.8) is 0 Å². The fourth-order valence-corrected chi connectivity index (χ4v) is 3.34. The lowest BCUT2D eigenvalue weighted by Crippen LogP contribution is -3.00. The predicted molar refractivity (Wildman–Crippen MR) is 90.9 cm³/mol. The number of ether oxygens (including phenoxy) is 1. The van der Waals surface area contributed by atoms with Crippen LogP contribution in [0.5, 0.6) is 0 Å². The Morgan fingerprint density at radius 2 is 1.35 bits per heavy atom.